The SMILES string of the molecule is CCOC(=O)N1c2ccc(O)cc2CCC1(N)CC. The van der Waals surface area contributed by atoms with Crippen molar-refractivity contribution in [3.8, 4) is 5.75 Å². The maximum Gasteiger partial charge on any atom is 0.415 e. The Bertz CT molecular complexity index is 490. The van der Waals surface area contributed by atoms with Crippen molar-refractivity contribution in [1.82, 2.24) is 0 Å². The van der Waals surface area contributed by atoms with E-state index in [1.807, 2.05) is 6.92 Å². The van der Waals surface area contributed by atoms with E-state index in [9.17, 15) is 9.90 Å². The minimum absolute atomic E-state index is 0.198. The second kappa shape index (κ2) is 5.09. The summed E-state index contributed by atoms with van der Waals surface area (Å²) in [6.45, 7) is 4.03. The van der Waals surface area contributed by atoms with Gasteiger partial charge in [-0.1, -0.05) is 6.92 Å². The molecule has 1 aliphatic rings. The van der Waals surface area contributed by atoms with Gasteiger partial charge < -0.3 is 15.6 Å². The Morgan fingerprint density at radius 1 is 1.53 bits per heavy atom. The summed E-state index contributed by atoms with van der Waals surface area (Å²) in [6, 6.07) is 4.96. The molecule has 1 aromatic rings. The van der Waals surface area contributed by atoms with E-state index in [0.29, 0.717) is 19.4 Å². The predicted octanol–water partition coefficient (Wildman–Crippen LogP) is 2.37. The zero-order chi connectivity index (χ0) is 14.0. The number of phenols is 1. The van der Waals surface area contributed by atoms with Crippen LogP contribution in [0.25, 0.3) is 0 Å². The van der Waals surface area contributed by atoms with Gasteiger partial charge in [-0.05, 0) is 49.9 Å². The molecule has 1 unspecified atom stereocenters. The number of hydrogen-bond donors (Lipinski definition) is 2. The molecule has 0 saturated carbocycles. The Morgan fingerprint density at radius 2 is 2.26 bits per heavy atom. The van der Waals surface area contributed by atoms with Crippen molar-refractivity contribution in [1.29, 1.82) is 0 Å². The van der Waals surface area contributed by atoms with E-state index >= 15 is 0 Å². The average Bonchev–Trinajstić information content (AvgIpc) is 2.39. The third-order valence-corrected chi connectivity index (χ3v) is 3.64. The van der Waals surface area contributed by atoms with Crippen molar-refractivity contribution in [2.45, 2.75) is 38.8 Å². The van der Waals surface area contributed by atoms with Gasteiger partial charge in [0.25, 0.3) is 0 Å². The first kappa shape index (κ1) is 13.7. The molecule has 5 heteroatoms. The number of rotatable bonds is 2. The molecule has 19 heavy (non-hydrogen) atoms. The molecule has 0 fully saturated rings. The molecule has 0 radical (unpaired) electrons. The van der Waals surface area contributed by atoms with Crippen molar-refractivity contribution in [2.75, 3.05) is 11.5 Å². The highest BCUT2D eigenvalue weighted by Gasteiger charge is 2.40. The van der Waals surface area contributed by atoms with Crippen LogP contribution in [0.5, 0.6) is 5.75 Å². The zero-order valence-corrected chi connectivity index (χ0v) is 11.3. The van der Waals surface area contributed by atoms with Crippen LogP contribution in [0.1, 0.15) is 32.3 Å². The summed E-state index contributed by atoms with van der Waals surface area (Å²) in [7, 11) is 0. The number of carbonyl (C=O) groups is 1. The normalized spacial score (nSPS) is 21.9. The van der Waals surface area contributed by atoms with E-state index in [4.69, 9.17) is 10.5 Å². The van der Waals surface area contributed by atoms with Gasteiger partial charge in [-0.3, -0.25) is 4.90 Å². The van der Waals surface area contributed by atoms with Crippen LogP contribution < -0.4 is 10.6 Å². The highest BCUT2D eigenvalue weighted by molar-refractivity contribution is 5.91. The number of aromatic hydroxyl groups is 1. The largest absolute Gasteiger partial charge is 0.508 e. The first-order valence-corrected chi connectivity index (χ1v) is 6.59. The average molecular weight is 264 g/mol. The van der Waals surface area contributed by atoms with Crippen molar-refractivity contribution in [2.24, 2.45) is 5.73 Å². The van der Waals surface area contributed by atoms with Gasteiger partial charge in [0.05, 0.1) is 18.0 Å². The Kier molecular flexibility index (Phi) is 3.66. The maximum atomic E-state index is 12.2. The van der Waals surface area contributed by atoms with Gasteiger partial charge in [-0.2, -0.15) is 0 Å². The molecule has 1 atom stereocenters. The summed E-state index contributed by atoms with van der Waals surface area (Å²) in [5, 5.41) is 9.54. The van der Waals surface area contributed by atoms with E-state index in [1.54, 1.807) is 25.1 Å². The van der Waals surface area contributed by atoms with Crippen molar-refractivity contribution < 1.29 is 14.6 Å². The van der Waals surface area contributed by atoms with E-state index in [1.165, 1.54) is 4.90 Å². The number of benzene rings is 1. The first-order chi connectivity index (χ1) is 9.01. The summed E-state index contributed by atoms with van der Waals surface area (Å²) < 4.78 is 5.11. The summed E-state index contributed by atoms with van der Waals surface area (Å²) in [4.78, 5) is 13.7. The molecule has 1 heterocycles. The fourth-order valence-corrected chi connectivity index (χ4v) is 2.50. The fourth-order valence-electron chi connectivity index (χ4n) is 2.50. The van der Waals surface area contributed by atoms with Crippen LogP contribution >= 0.6 is 0 Å². The first-order valence-electron chi connectivity index (χ1n) is 6.59. The Morgan fingerprint density at radius 3 is 2.89 bits per heavy atom. The number of hydrogen-bond acceptors (Lipinski definition) is 4. The number of carbonyl (C=O) groups excluding carboxylic acids is 1. The van der Waals surface area contributed by atoms with Crippen LogP contribution in [0, 0.1) is 0 Å². The molecule has 1 aliphatic heterocycles. The van der Waals surface area contributed by atoms with Crippen LogP contribution in [0.15, 0.2) is 18.2 Å². The third-order valence-electron chi connectivity index (χ3n) is 3.64. The van der Waals surface area contributed by atoms with Crippen molar-refractivity contribution >= 4 is 11.8 Å². The summed E-state index contributed by atoms with van der Waals surface area (Å²) in [6.07, 6.45) is 1.60. The minimum Gasteiger partial charge on any atom is -0.508 e. The standard InChI is InChI=1S/C14H20N2O3/c1-3-14(15)8-7-10-9-11(17)5-6-12(10)16(14)13(18)19-4-2/h5-6,9,17H,3-4,7-8,15H2,1-2H3. The number of nitrogens with zero attached hydrogens (tertiary/aromatic N) is 1. The number of anilines is 1. The lowest BCUT2D eigenvalue weighted by molar-refractivity contribution is 0.148. The monoisotopic (exact) mass is 264 g/mol. The van der Waals surface area contributed by atoms with Crippen LogP contribution in [0.2, 0.25) is 0 Å². The van der Waals surface area contributed by atoms with Crippen molar-refractivity contribution in [3.63, 3.8) is 0 Å². The van der Waals surface area contributed by atoms with Crippen molar-refractivity contribution in [3.05, 3.63) is 23.8 Å². The number of nitrogens with two attached hydrogens (primary N) is 1. The Labute approximate surface area is 113 Å². The molecule has 104 valence electrons. The third kappa shape index (κ3) is 2.38. The number of fused-ring (bicyclic) bond motifs is 1. The second-order valence-electron chi connectivity index (χ2n) is 4.80. The van der Waals surface area contributed by atoms with Gasteiger partial charge in [0.1, 0.15) is 5.75 Å². The van der Waals surface area contributed by atoms with Gasteiger partial charge in [-0.15, -0.1) is 0 Å². The molecule has 0 aliphatic carbocycles. The highest BCUT2D eigenvalue weighted by Crippen LogP contribution is 2.38. The zero-order valence-electron chi connectivity index (χ0n) is 11.3. The molecule has 3 N–H and O–H groups in total. The molecule has 1 aromatic carbocycles. The van der Waals surface area contributed by atoms with Gasteiger partial charge >= 0.3 is 6.09 Å². The topological polar surface area (TPSA) is 75.8 Å². The van der Waals surface area contributed by atoms with Crippen LogP contribution in [-0.4, -0.2) is 23.5 Å². The molecule has 2 rings (SSSR count). The Balaban J connectivity index is 2.47. The lowest BCUT2D eigenvalue weighted by atomic mass is 9.89. The predicted molar refractivity (Wildman–Crippen MR) is 73.1 cm³/mol. The van der Waals surface area contributed by atoms with E-state index in [-0.39, 0.29) is 5.75 Å². The van der Waals surface area contributed by atoms with E-state index in [0.717, 1.165) is 17.7 Å². The molecule has 5 nitrogen and oxygen atoms in total. The number of aryl methyl sites for hydroxylation is 1. The van der Waals surface area contributed by atoms with Crippen LogP contribution in [0.3, 0.4) is 0 Å². The minimum atomic E-state index is -0.726. The van der Waals surface area contributed by atoms with Crippen LogP contribution in [-0.2, 0) is 11.2 Å². The lowest BCUT2D eigenvalue weighted by Gasteiger charge is -2.44. The molecular formula is C14H20N2O3. The number of phenolic OH excluding ortho intramolecular Hbond substituents is 1. The highest BCUT2D eigenvalue weighted by atomic mass is 16.6. The van der Waals surface area contributed by atoms with Gasteiger partial charge in [0, 0.05) is 0 Å². The molecular weight excluding hydrogens is 244 g/mol. The lowest BCUT2D eigenvalue weighted by Crippen LogP contribution is -2.60. The van der Waals surface area contributed by atoms with Gasteiger partial charge in [0.15, 0.2) is 0 Å². The second-order valence-corrected chi connectivity index (χ2v) is 4.80. The quantitative estimate of drug-likeness (QED) is 0.859. The smallest absolute Gasteiger partial charge is 0.415 e. The number of amides is 1. The van der Waals surface area contributed by atoms with Gasteiger partial charge in [0.2, 0.25) is 0 Å². The summed E-state index contributed by atoms with van der Waals surface area (Å²) in [5.41, 5.74) is 7.27. The van der Waals surface area contributed by atoms with E-state index in [2.05, 4.69) is 0 Å². The van der Waals surface area contributed by atoms with Crippen LogP contribution in [0.4, 0.5) is 10.5 Å². The fraction of sp³-hybridized carbons (Fsp3) is 0.500. The Hall–Kier alpha value is -1.75. The van der Waals surface area contributed by atoms with Gasteiger partial charge in [-0.25, -0.2) is 4.79 Å². The molecule has 0 saturated heterocycles. The van der Waals surface area contributed by atoms with E-state index < -0.39 is 11.8 Å². The summed E-state index contributed by atoms with van der Waals surface area (Å²) >= 11 is 0. The molecule has 1 amide bonds. The number of ether oxygens (including phenoxy) is 1. The summed E-state index contributed by atoms with van der Waals surface area (Å²) in [5.74, 6) is 0.198. The maximum absolute atomic E-state index is 12.2. The molecule has 0 aromatic heterocycles. The molecule has 0 bridgehead atoms. The molecule has 0 spiro atoms.